The molecule has 0 saturated carbocycles. The van der Waals surface area contributed by atoms with Crippen LogP contribution in [0.5, 0.6) is 11.5 Å². The van der Waals surface area contributed by atoms with Crippen molar-refractivity contribution in [3.63, 3.8) is 0 Å². The lowest BCUT2D eigenvalue weighted by Gasteiger charge is -2.14. The molecule has 0 bridgehead atoms. The van der Waals surface area contributed by atoms with Gasteiger partial charge in [-0.2, -0.15) is 5.10 Å². The number of rotatable bonds is 7. The number of aryl methyl sites for hydroxylation is 3. The number of carbonyl (C=O) groups is 1. The van der Waals surface area contributed by atoms with Gasteiger partial charge in [0.25, 0.3) is 5.56 Å². The van der Waals surface area contributed by atoms with Crippen LogP contribution >= 0.6 is 0 Å². The van der Waals surface area contributed by atoms with Crippen LogP contribution in [0.15, 0.2) is 59.4 Å². The minimum atomic E-state index is -0.246. The van der Waals surface area contributed by atoms with Crippen molar-refractivity contribution in [1.82, 2.24) is 14.3 Å². The molecule has 0 unspecified atom stereocenters. The first kappa shape index (κ1) is 22.1. The number of benzene rings is 2. The van der Waals surface area contributed by atoms with Crippen molar-refractivity contribution in [3.05, 3.63) is 76.2 Å². The Kier molecular flexibility index (Phi) is 6.17. The Bertz CT molecular complexity index is 1370. The molecule has 8 heteroatoms. The maximum atomic E-state index is 13.0. The summed E-state index contributed by atoms with van der Waals surface area (Å²) in [5.41, 5.74) is 3.54. The van der Waals surface area contributed by atoms with Gasteiger partial charge in [0.15, 0.2) is 0 Å². The number of amides is 1. The van der Waals surface area contributed by atoms with E-state index in [4.69, 9.17) is 9.47 Å². The molecule has 4 rings (SSSR count). The van der Waals surface area contributed by atoms with Crippen molar-refractivity contribution >= 4 is 22.6 Å². The SMILES string of the molecule is COc1ccc(OC)c(NC(=O)CCn2c(=O)cc(C)c3c(C)nn(-c4ccccc4)c32)c1. The zero-order valence-electron chi connectivity index (χ0n) is 19.1. The summed E-state index contributed by atoms with van der Waals surface area (Å²) in [6.45, 7) is 4.02. The Morgan fingerprint density at radius 3 is 2.48 bits per heavy atom. The largest absolute Gasteiger partial charge is 0.497 e. The molecule has 8 nitrogen and oxygen atoms in total. The average Bonchev–Trinajstić information content (AvgIpc) is 3.16. The molecular formula is C25H26N4O4. The number of carbonyl (C=O) groups excluding carboxylic acids is 1. The summed E-state index contributed by atoms with van der Waals surface area (Å²) in [7, 11) is 3.09. The summed E-state index contributed by atoms with van der Waals surface area (Å²) in [6.07, 6.45) is 0.0947. The molecule has 2 heterocycles. The molecule has 2 aromatic heterocycles. The van der Waals surface area contributed by atoms with E-state index in [0.29, 0.717) is 22.8 Å². The van der Waals surface area contributed by atoms with Crippen LogP contribution in [-0.2, 0) is 11.3 Å². The van der Waals surface area contributed by atoms with Gasteiger partial charge in [-0.15, -0.1) is 0 Å². The first-order valence-electron chi connectivity index (χ1n) is 10.6. The molecule has 0 aliphatic rings. The average molecular weight is 447 g/mol. The summed E-state index contributed by atoms with van der Waals surface area (Å²) in [4.78, 5) is 25.7. The normalized spacial score (nSPS) is 10.9. The monoisotopic (exact) mass is 446 g/mol. The summed E-state index contributed by atoms with van der Waals surface area (Å²) < 4.78 is 13.9. The quantitative estimate of drug-likeness (QED) is 0.466. The van der Waals surface area contributed by atoms with E-state index in [9.17, 15) is 9.59 Å². The number of ether oxygens (including phenoxy) is 2. The molecule has 4 aromatic rings. The number of para-hydroxylation sites is 1. The van der Waals surface area contributed by atoms with Crippen LogP contribution in [0.4, 0.5) is 5.69 Å². The Labute approximate surface area is 191 Å². The standard InChI is InChI=1S/C25H26N4O4/c1-16-14-23(31)28(25-24(16)17(2)27-29(25)18-8-6-5-7-9-18)13-12-22(30)26-20-15-19(32-3)10-11-21(20)33-4/h5-11,14-15H,12-13H2,1-4H3,(H,26,30). The van der Waals surface area contributed by atoms with Gasteiger partial charge in [-0.05, 0) is 43.7 Å². The van der Waals surface area contributed by atoms with Crippen molar-refractivity contribution in [3.8, 4) is 17.2 Å². The van der Waals surface area contributed by atoms with Crippen LogP contribution in [0.2, 0.25) is 0 Å². The number of hydrogen-bond acceptors (Lipinski definition) is 5. The highest BCUT2D eigenvalue weighted by molar-refractivity contribution is 5.92. The van der Waals surface area contributed by atoms with Gasteiger partial charge in [0.05, 0.1) is 31.3 Å². The minimum absolute atomic E-state index is 0.0947. The maximum absolute atomic E-state index is 13.0. The lowest BCUT2D eigenvalue weighted by Crippen LogP contribution is -2.25. The molecule has 0 fully saturated rings. The number of fused-ring (bicyclic) bond motifs is 1. The molecular weight excluding hydrogens is 420 g/mol. The lowest BCUT2D eigenvalue weighted by molar-refractivity contribution is -0.116. The van der Waals surface area contributed by atoms with Crippen LogP contribution in [0.3, 0.4) is 0 Å². The van der Waals surface area contributed by atoms with Gasteiger partial charge in [-0.1, -0.05) is 18.2 Å². The van der Waals surface area contributed by atoms with Gasteiger partial charge in [0, 0.05) is 30.5 Å². The zero-order valence-corrected chi connectivity index (χ0v) is 19.1. The van der Waals surface area contributed by atoms with E-state index in [0.717, 1.165) is 22.3 Å². The lowest BCUT2D eigenvalue weighted by atomic mass is 10.1. The Morgan fingerprint density at radius 1 is 1.03 bits per heavy atom. The van der Waals surface area contributed by atoms with Crippen molar-refractivity contribution in [1.29, 1.82) is 0 Å². The van der Waals surface area contributed by atoms with Crippen molar-refractivity contribution in [2.24, 2.45) is 0 Å². The van der Waals surface area contributed by atoms with E-state index in [-0.39, 0.29) is 24.4 Å². The van der Waals surface area contributed by atoms with Crippen molar-refractivity contribution < 1.29 is 14.3 Å². The molecule has 0 atom stereocenters. The summed E-state index contributed by atoms with van der Waals surface area (Å²) in [5, 5.41) is 8.45. The number of anilines is 1. The molecule has 0 aliphatic carbocycles. The molecule has 33 heavy (non-hydrogen) atoms. The maximum Gasteiger partial charge on any atom is 0.252 e. The number of pyridine rings is 1. The summed E-state index contributed by atoms with van der Waals surface area (Å²) in [5.74, 6) is 0.881. The summed E-state index contributed by atoms with van der Waals surface area (Å²) >= 11 is 0. The molecule has 2 aromatic carbocycles. The van der Waals surface area contributed by atoms with Crippen LogP contribution < -0.4 is 20.3 Å². The second-order valence-corrected chi connectivity index (χ2v) is 7.71. The third kappa shape index (κ3) is 4.32. The highest BCUT2D eigenvalue weighted by Crippen LogP contribution is 2.29. The van der Waals surface area contributed by atoms with Crippen molar-refractivity contribution in [2.45, 2.75) is 26.8 Å². The van der Waals surface area contributed by atoms with E-state index >= 15 is 0 Å². The fourth-order valence-electron chi connectivity index (χ4n) is 3.97. The van der Waals surface area contributed by atoms with Crippen LogP contribution in [0.1, 0.15) is 17.7 Å². The highest BCUT2D eigenvalue weighted by atomic mass is 16.5. The molecule has 1 N–H and O–H groups in total. The van der Waals surface area contributed by atoms with Gasteiger partial charge < -0.3 is 14.8 Å². The Balaban J connectivity index is 1.67. The van der Waals surface area contributed by atoms with Crippen LogP contribution in [0, 0.1) is 13.8 Å². The fraction of sp³-hybridized carbons (Fsp3) is 0.240. The molecule has 0 saturated heterocycles. The number of methoxy groups -OCH3 is 2. The van der Waals surface area contributed by atoms with E-state index in [1.165, 1.54) is 7.11 Å². The van der Waals surface area contributed by atoms with Crippen LogP contribution in [-0.4, -0.2) is 34.5 Å². The second-order valence-electron chi connectivity index (χ2n) is 7.71. The number of nitrogens with one attached hydrogen (secondary N) is 1. The highest BCUT2D eigenvalue weighted by Gasteiger charge is 2.18. The van der Waals surface area contributed by atoms with E-state index in [1.54, 1.807) is 40.6 Å². The summed E-state index contributed by atoms with van der Waals surface area (Å²) in [6, 6.07) is 16.4. The predicted octanol–water partition coefficient (Wildman–Crippen LogP) is 3.85. The third-order valence-corrected chi connectivity index (χ3v) is 5.54. The van der Waals surface area contributed by atoms with Gasteiger partial charge in [0.1, 0.15) is 17.1 Å². The number of hydrogen-bond donors (Lipinski definition) is 1. The number of aromatic nitrogens is 3. The predicted molar refractivity (Wildman–Crippen MR) is 128 cm³/mol. The zero-order chi connectivity index (χ0) is 23.5. The fourth-order valence-corrected chi connectivity index (χ4v) is 3.97. The van der Waals surface area contributed by atoms with E-state index < -0.39 is 0 Å². The first-order chi connectivity index (χ1) is 15.9. The number of nitrogens with zero attached hydrogens (tertiary/aromatic N) is 3. The molecule has 0 spiro atoms. The smallest absolute Gasteiger partial charge is 0.252 e. The first-order valence-corrected chi connectivity index (χ1v) is 10.6. The molecule has 0 aliphatic heterocycles. The Morgan fingerprint density at radius 2 is 1.79 bits per heavy atom. The second kappa shape index (κ2) is 9.20. The van der Waals surface area contributed by atoms with Gasteiger partial charge in [-0.3, -0.25) is 14.2 Å². The van der Waals surface area contributed by atoms with Crippen molar-refractivity contribution in [2.75, 3.05) is 19.5 Å². The third-order valence-electron chi connectivity index (χ3n) is 5.54. The van der Waals surface area contributed by atoms with E-state index in [1.807, 2.05) is 44.2 Å². The topological polar surface area (TPSA) is 87.4 Å². The van der Waals surface area contributed by atoms with Gasteiger partial charge in [-0.25, -0.2) is 4.68 Å². The molecule has 1 amide bonds. The van der Waals surface area contributed by atoms with E-state index in [2.05, 4.69) is 10.4 Å². The van der Waals surface area contributed by atoms with Gasteiger partial charge >= 0.3 is 0 Å². The van der Waals surface area contributed by atoms with Gasteiger partial charge in [0.2, 0.25) is 5.91 Å². The molecule has 170 valence electrons. The minimum Gasteiger partial charge on any atom is -0.497 e. The van der Waals surface area contributed by atoms with Crippen LogP contribution in [0.25, 0.3) is 16.7 Å². The Hall–Kier alpha value is -4.07. The molecule has 0 radical (unpaired) electrons.